The summed E-state index contributed by atoms with van der Waals surface area (Å²) in [7, 11) is 0. The Morgan fingerprint density at radius 3 is 2.60 bits per heavy atom. The van der Waals surface area contributed by atoms with Gasteiger partial charge in [-0.1, -0.05) is 12.8 Å². The second kappa shape index (κ2) is 5.50. The van der Waals surface area contributed by atoms with Gasteiger partial charge in [-0.3, -0.25) is 4.79 Å². The second-order valence-electron chi connectivity index (χ2n) is 5.38. The Balaban J connectivity index is 1.93. The van der Waals surface area contributed by atoms with Gasteiger partial charge in [0.25, 0.3) is 0 Å². The molecule has 1 aliphatic rings. The minimum absolute atomic E-state index is 0.0765. The van der Waals surface area contributed by atoms with Crippen molar-refractivity contribution in [3.8, 4) is 0 Å². The third-order valence-corrected chi connectivity index (χ3v) is 2.47. The van der Waals surface area contributed by atoms with E-state index in [4.69, 9.17) is 4.74 Å². The van der Waals surface area contributed by atoms with Gasteiger partial charge < -0.3 is 10.1 Å². The molecule has 0 spiro atoms. The van der Waals surface area contributed by atoms with Crippen molar-refractivity contribution in [1.82, 2.24) is 5.32 Å². The third-order valence-electron chi connectivity index (χ3n) is 2.47. The molecule has 0 atom stereocenters. The van der Waals surface area contributed by atoms with Crippen molar-refractivity contribution in [3.63, 3.8) is 0 Å². The molecule has 0 amide bonds. The monoisotopic (exact) mass is 213 g/mol. The average molecular weight is 213 g/mol. The Morgan fingerprint density at radius 1 is 1.40 bits per heavy atom. The fraction of sp³-hybridized carbons (Fsp3) is 0.917. The molecule has 0 aromatic heterocycles. The van der Waals surface area contributed by atoms with E-state index in [9.17, 15) is 4.79 Å². The molecule has 0 heterocycles. The molecule has 0 aromatic carbocycles. The number of carbonyl (C=O) groups is 1. The lowest BCUT2D eigenvalue weighted by atomic mass is 10.1. The van der Waals surface area contributed by atoms with Crippen LogP contribution in [0.1, 0.15) is 46.5 Å². The third kappa shape index (κ3) is 7.37. The zero-order valence-electron chi connectivity index (χ0n) is 10.1. The summed E-state index contributed by atoms with van der Waals surface area (Å²) in [6.07, 6.45) is 4.17. The van der Waals surface area contributed by atoms with Crippen LogP contribution < -0.4 is 5.32 Å². The Kier molecular flexibility index (Phi) is 4.58. The minimum Gasteiger partial charge on any atom is -0.466 e. The molecule has 0 unspecified atom stereocenters. The Hall–Kier alpha value is -0.570. The van der Waals surface area contributed by atoms with Crippen LogP contribution in [0.3, 0.4) is 0 Å². The van der Waals surface area contributed by atoms with Gasteiger partial charge in [0.05, 0.1) is 13.0 Å². The first-order valence-electron chi connectivity index (χ1n) is 5.88. The van der Waals surface area contributed by atoms with Crippen LogP contribution in [0.4, 0.5) is 0 Å². The summed E-state index contributed by atoms with van der Waals surface area (Å²) < 4.78 is 5.13. The predicted molar refractivity (Wildman–Crippen MR) is 60.7 cm³/mol. The molecule has 0 aliphatic heterocycles. The first-order valence-corrected chi connectivity index (χ1v) is 5.88. The fourth-order valence-corrected chi connectivity index (χ4v) is 1.36. The van der Waals surface area contributed by atoms with Crippen molar-refractivity contribution in [3.05, 3.63) is 0 Å². The van der Waals surface area contributed by atoms with E-state index in [1.807, 2.05) is 0 Å². The van der Waals surface area contributed by atoms with Crippen LogP contribution in [-0.2, 0) is 9.53 Å². The quantitative estimate of drug-likeness (QED) is 0.687. The molecule has 1 rings (SSSR count). The van der Waals surface area contributed by atoms with Crippen LogP contribution in [0.2, 0.25) is 0 Å². The van der Waals surface area contributed by atoms with Crippen molar-refractivity contribution < 1.29 is 9.53 Å². The molecule has 0 radical (unpaired) electrons. The van der Waals surface area contributed by atoms with Crippen LogP contribution in [0.15, 0.2) is 0 Å². The topological polar surface area (TPSA) is 38.3 Å². The number of hydrogen-bond acceptors (Lipinski definition) is 3. The molecule has 1 N–H and O–H groups in total. The van der Waals surface area contributed by atoms with E-state index >= 15 is 0 Å². The van der Waals surface area contributed by atoms with E-state index in [-0.39, 0.29) is 11.5 Å². The summed E-state index contributed by atoms with van der Waals surface area (Å²) in [6, 6.07) is 0. The highest BCUT2D eigenvalue weighted by Gasteiger charge is 2.21. The van der Waals surface area contributed by atoms with Crippen LogP contribution in [0, 0.1) is 5.92 Å². The van der Waals surface area contributed by atoms with Crippen LogP contribution in [0.5, 0.6) is 0 Å². The summed E-state index contributed by atoms with van der Waals surface area (Å²) in [5.74, 6) is 0.762. The van der Waals surface area contributed by atoms with Crippen LogP contribution >= 0.6 is 0 Å². The Bertz CT molecular complexity index is 204. The van der Waals surface area contributed by atoms with Gasteiger partial charge in [0, 0.05) is 12.1 Å². The highest BCUT2D eigenvalue weighted by molar-refractivity contribution is 5.69. The van der Waals surface area contributed by atoms with Crippen molar-refractivity contribution in [2.45, 2.75) is 52.0 Å². The number of esters is 1. The zero-order valence-corrected chi connectivity index (χ0v) is 10.1. The van der Waals surface area contributed by atoms with Gasteiger partial charge in [-0.25, -0.2) is 0 Å². The average Bonchev–Trinajstić information content (AvgIpc) is 2.85. The highest BCUT2D eigenvalue weighted by Crippen LogP contribution is 2.32. The molecule has 3 heteroatoms. The van der Waals surface area contributed by atoms with Crippen molar-refractivity contribution in [1.29, 1.82) is 0 Å². The molecule has 0 bridgehead atoms. The molecular weight excluding hydrogens is 190 g/mol. The number of ether oxygens (including phenoxy) is 1. The maximum atomic E-state index is 11.3. The predicted octanol–water partition coefficient (Wildman–Crippen LogP) is 2.11. The summed E-state index contributed by atoms with van der Waals surface area (Å²) in [5.41, 5.74) is 0.0777. The van der Waals surface area contributed by atoms with E-state index in [0.717, 1.165) is 12.3 Å². The van der Waals surface area contributed by atoms with Gasteiger partial charge in [0.1, 0.15) is 0 Å². The standard InChI is InChI=1S/C12H23NO2/c1-12(2,3)13-8-6-11(14)15-9-7-10-4-5-10/h10,13H,4-9H2,1-3H3. The normalized spacial score (nSPS) is 16.5. The SMILES string of the molecule is CC(C)(C)NCCC(=O)OCCC1CC1. The zero-order chi connectivity index (χ0) is 11.3. The summed E-state index contributed by atoms with van der Waals surface area (Å²) in [6.45, 7) is 7.58. The lowest BCUT2D eigenvalue weighted by Crippen LogP contribution is -2.37. The molecule has 1 aliphatic carbocycles. The van der Waals surface area contributed by atoms with Gasteiger partial charge in [-0.05, 0) is 33.1 Å². The molecule has 0 aromatic rings. The first-order chi connectivity index (χ1) is 6.97. The number of nitrogens with one attached hydrogen (secondary N) is 1. The van der Waals surface area contributed by atoms with Crippen LogP contribution in [0.25, 0.3) is 0 Å². The van der Waals surface area contributed by atoms with Gasteiger partial charge >= 0.3 is 5.97 Å². The van der Waals surface area contributed by atoms with Gasteiger partial charge in [0.15, 0.2) is 0 Å². The molecular formula is C12H23NO2. The lowest BCUT2D eigenvalue weighted by molar-refractivity contribution is -0.143. The second-order valence-corrected chi connectivity index (χ2v) is 5.38. The molecule has 0 saturated heterocycles. The van der Waals surface area contributed by atoms with Gasteiger partial charge in [-0.2, -0.15) is 0 Å². The summed E-state index contributed by atoms with van der Waals surface area (Å²) >= 11 is 0. The number of carbonyl (C=O) groups excluding carboxylic acids is 1. The Labute approximate surface area is 92.6 Å². The van der Waals surface area contributed by atoms with E-state index in [1.165, 1.54) is 12.8 Å². The molecule has 15 heavy (non-hydrogen) atoms. The van der Waals surface area contributed by atoms with E-state index < -0.39 is 0 Å². The number of rotatable bonds is 6. The first kappa shape index (κ1) is 12.5. The van der Waals surface area contributed by atoms with E-state index in [2.05, 4.69) is 26.1 Å². The minimum atomic E-state index is -0.0765. The molecule has 1 fully saturated rings. The van der Waals surface area contributed by atoms with Crippen molar-refractivity contribution in [2.24, 2.45) is 5.92 Å². The Morgan fingerprint density at radius 2 is 2.07 bits per heavy atom. The fourth-order valence-electron chi connectivity index (χ4n) is 1.36. The summed E-state index contributed by atoms with van der Waals surface area (Å²) in [4.78, 5) is 11.3. The van der Waals surface area contributed by atoms with Crippen LogP contribution in [-0.4, -0.2) is 24.7 Å². The largest absolute Gasteiger partial charge is 0.466 e. The molecule has 88 valence electrons. The van der Waals surface area contributed by atoms with Gasteiger partial charge in [-0.15, -0.1) is 0 Å². The highest BCUT2D eigenvalue weighted by atomic mass is 16.5. The van der Waals surface area contributed by atoms with E-state index in [0.29, 0.717) is 19.6 Å². The number of hydrogen-bond donors (Lipinski definition) is 1. The van der Waals surface area contributed by atoms with E-state index in [1.54, 1.807) is 0 Å². The van der Waals surface area contributed by atoms with Crippen molar-refractivity contribution in [2.75, 3.05) is 13.2 Å². The molecule has 1 saturated carbocycles. The lowest BCUT2D eigenvalue weighted by Gasteiger charge is -2.19. The summed E-state index contributed by atoms with van der Waals surface area (Å²) in [5, 5.41) is 3.26. The maximum Gasteiger partial charge on any atom is 0.307 e. The maximum absolute atomic E-state index is 11.3. The van der Waals surface area contributed by atoms with Crippen molar-refractivity contribution >= 4 is 5.97 Å². The smallest absolute Gasteiger partial charge is 0.307 e. The molecule has 3 nitrogen and oxygen atoms in total. The van der Waals surface area contributed by atoms with Gasteiger partial charge in [0.2, 0.25) is 0 Å².